The largest absolute Gasteiger partial charge is 0.476 e. The van der Waals surface area contributed by atoms with Crippen molar-refractivity contribution in [1.29, 1.82) is 0 Å². The highest BCUT2D eigenvalue weighted by Crippen LogP contribution is 2.39. The van der Waals surface area contributed by atoms with E-state index in [1.807, 2.05) is 0 Å². The van der Waals surface area contributed by atoms with Gasteiger partial charge in [-0.05, 0) is 31.2 Å². The lowest BCUT2D eigenvalue weighted by Gasteiger charge is -2.12. The second-order valence-electron chi connectivity index (χ2n) is 7.19. The summed E-state index contributed by atoms with van der Waals surface area (Å²) in [4.78, 5) is 24.7. The van der Waals surface area contributed by atoms with Crippen LogP contribution in [0.3, 0.4) is 0 Å². The predicted octanol–water partition coefficient (Wildman–Crippen LogP) is 5.43. The van der Waals surface area contributed by atoms with Crippen LogP contribution >= 0.6 is 0 Å². The number of ketones is 1. The van der Waals surface area contributed by atoms with Gasteiger partial charge < -0.3 is 14.2 Å². The average Bonchev–Trinajstić information content (AvgIpc) is 3.15. The first-order valence-corrected chi connectivity index (χ1v) is 9.77. The summed E-state index contributed by atoms with van der Waals surface area (Å²) >= 11 is 0. The minimum atomic E-state index is -2.37. The van der Waals surface area contributed by atoms with Gasteiger partial charge in [0.25, 0.3) is 0 Å². The first-order chi connectivity index (χ1) is 16.6. The Morgan fingerprint density at radius 1 is 0.914 bits per heavy atom. The summed E-state index contributed by atoms with van der Waals surface area (Å²) in [5.74, 6) is -15.6. The maximum atomic E-state index is 13.9. The Kier molecular flexibility index (Phi) is 6.25. The van der Waals surface area contributed by atoms with Crippen LogP contribution in [-0.4, -0.2) is 18.4 Å². The van der Waals surface area contributed by atoms with Crippen LogP contribution in [0.15, 0.2) is 42.2 Å². The second-order valence-corrected chi connectivity index (χ2v) is 7.19. The molecule has 0 unspecified atom stereocenters. The van der Waals surface area contributed by atoms with E-state index in [2.05, 4.69) is 4.74 Å². The zero-order chi connectivity index (χ0) is 25.4. The van der Waals surface area contributed by atoms with Gasteiger partial charge in [0.1, 0.15) is 17.3 Å². The molecular formula is C24H12F6O5. The number of fused-ring (bicyclic) bond motifs is 1. The molecule has 0 aromatic heterocycles. The fraction of sp³-hybridized carbons (Fsp3) is 0.0833. The molecule has 3 aromatic carbocycles. The normalized spacial score (nSPS) is 13.6. The molecule has 3 aromatic rings. The van der Waals surface area contributed by atoms with Crippen LogP contribution in [0.1, 0.15) is 21.5 Å². The SMILES string of the molecule is Cc1c(OC(=O)COc2c(F)c(F)c(F)c(F)c2F)ccc2c1O/C(=C\c1ccccc1F)C2=O. The topological polar surface area (TPSA) is 61.8 Å². The highest BCUT2D eigenvalue weighted by atomic mass is 19.2. The van der Waals surface area contributed by atoms with Gasteiger partial charge in [0.15, 0.2) is 18.1 Å². The molecule has 180 valence electrons. The quantitative estimate of drug-likeness (QED) is 0.118. The monoisotopic (exact) mass is 494 g/mol. The number of Topliss-reactive ketones (excluding diaryl/α,β-unsaturated/α-hetero) is 1. The third-order valence-electron chi connectivity index (χ3n) is 4.96. The Hall–Kier alpha value is -4.28. The highest BCUT2D eigenvalue weighted by Gasteiger charge is 2.31. The van der Waals surface area contributed by atoms with Gasteiger partial charge >= 0.3 is 5.97 Å². The van der Waals surface area contributed by atoms with Crippen molar-refractivity contribution >= 4 is 17.8 Å². The van der Waals surface area contributed by atoms with E-state index in [1.54, 1.807) is 6.07 Å². The lowest BCUT2D eigenvalue weighted by Crippen LogP contribution is -2.20. The Morgan fingerprint density at radius 2 is 1.54 bits per heavy atom. The van der Waals surface area contributed by atoms with Crippen molar-refractivity contribution in [1.82, 2.24) is 0 Å². The molecule has 0 atom stereocenters. The van der Waals surface area contributed by atoms with Crippen LogP contribution in [0.2, 0.25) is 0 Å². The number of esters is 1. The molecule has 1 aliphatic heterocycles. The molecule has 0 N–H and O–H groups in total. The Balaban J connectivity index is 1.51. The standard InChI is InChI=1S/C24H12F6O5/c1-10-14(34-16(31)9-33-24-20(29)18(27)17(26)19(28)21(24)30)7-6-12-22(32)15(35-23(10)12)8-11-4-2-3-5-13(11)25/h2-8H,9H2,1H3/b15-8-. The molecule has 1 heterocycles. The minimum Gasteiger partial charge on any atom is -0.476 e. The van der Waals surface area contributed by atoms with Crippen molar-refractivity contribution in [2.24, 2.45) is 0 Å². The van der Waals surface area contributed by atoms with E-state index in [4.69, 9.17) is 9.47 Å². The molecule has 0 amide bonds. The van der Waals surface area contributed by atoms with Crippen LogP contribution in [0.5, 0.6) is 17.2 Å². The van der Waals surface area contributed by atoms with E-state index in [1.165, 1.54) is 43.3 Å². The number of carbonyl (C=O) groups excluding carboxylic acids is 2. The number of rotatable bonds is 5. The molecule has 0 saturated heterocycles. The number of allylic oxidation sites excluding steroid dienone is 1. The minimum absolute atomic E-state index is 0.0311. The van der Waals surface area contributed by atoms with Gasteiger partial charge in [-0.25, -0.2) is 22.4 Å². The van der Waals surface area contributed by atoms with E-state index in [-0.39, 0.29) is 33.9 Å². The molecule has 5 nitrogen and oxygen atoms in total. The number of hydrogen-bond acceptors (Lipinski definition) is 5. The molecule has 4 rings (SSSR count). The second kappa shape index (κ2) is 9.16. The van der Waals surface area contributed by atoms with Crippen LogP contribution in [-0.2, 0) is 4.79 Å². The summed E-state index contributed by atoms with van der Waals surface area (Å²) in [6.07, 6.45) is 1.21. The molecule has 0 fully saturated rings. The molecular weight excluding hydrogens is 482 g/mol. The van der Waals surface area contributed by atoms with Crippen molar-refractivity contribution in [2.45, 2.75) is 6.92 Å². The summed E-state index contributed by atoms with van der Waals surface area (Å²) in [5, 5.41) is 0. The highest BCUT2D eigenvalue weighted by molar-refractivity contribution is 6.15. The van der Waals surface area contributed by atoms with Crippen LogP contribution in [0, 0.1) is 41.8 Å². The summed E-state index contributed by atoms with van der Waals surface area (Å²) < 4.78 is 95.9. The van der Waals surface area contributed by atoms with Gasteiger partial charge in [-0.2, -0.15) is 8.78 Å². The van der Waals surface area contributed by atoms with Crippen LogP contribution in [0.4, 0.5) is 26.3 Å². The average molecular weight is 494 g/mol. The van der Waals surface area contributed by atoms with Gasteiger partial charge in [-0.3, -0.25) is 4.79 Å². The fourth-order valence-electron chi connectivity index (χ4n) is 3.21. The first kappa shape index (κ1) is 23.9. The third-order valence-corrected chi connectivity index (χ3v) is 4.96. The molecule has 0 radical (unpaired) electrons. The lowest BCUT2D eigenvalue weighted by atomic mass is 10.1. The van der Waals surface area contributed by atoms with Gasteiger partial charge in [-0.15, -0.1) is 0 Å². The number of halogens is 6. The predicted molar refractivity (Wildman–Crippen MR) is 108 cm³/mol. The van der Waals surface area contributed by atoms with Crippen molar-refractivity contribution in [2.75, 3.05) is 6.61 Å². The van der Waals surface area contributed by atoms with Crippen molar-refractivity contribution in [3.05, 3.63) is 93.8 Å². The summed E-state index contributed by atoms with van der Waals surface area (Å²) in [6.45, 7) is 0.235. The number of ether oxygens (including phenoxy) is 3. The van der Waals surface area contributed by atoms with E-state index in [0.717, 1.165) is 0 Å². The Labute approximate surface area is 193 Å². The molecule has 11 heteroatoms. The van der Waals surface area contributed by atoms with Gasteiger partial charge in [0, 0.05) is 11.1 Å². The van der Waals surface area contributed by atoms with Gasteiger partial charge in [0.2, 0.25) is 34.9 Å². The lowest BCUT2D eigenvalue weighted by molar-refractivity contribution is -0.136. The van der Waals surface area contributed by atoms with E-state index in [9.17, 15) is 35.9 Å². The van der Waals surface area contributed by atoms with Gasteiger partial charge in [0.05, 0.1) is 5.56 Å². The number of carbonyl (C=O) groups is 2. The molecule has 35 heavy (non-hydrogen) atoms. The maximum Gasteiger partial charge on any atom is 0.349 e. The van der Waals surface area contributed by atoms with Gasteiger partial charge in [-0.1, -0.05) is 18.2 Å². The van der Waals surface area contributed by atoms with Crippen molar-refractivity contribution in [3.8, 4) is 17.2 Å². The summed E-state index contributed by atoms with van der Waals surface area (Å²) in [7, 11) is 0. The smallest absolute Gasteiger partial charge is 0.349 e. The summed E-state index contributed by atoms with van der Waals surface area (Å²) in [6, 6.07) is 8.20. The van der Waals surface area contributed by atoms with Crippen molar-refractivity contribution < 1.29 is 50.1 Å². The van der Waals surface area contributed by atoms with Crippen molar-refractivity contribution in [3.63, 3.8) is 0 Å². The Bertz CT molecular complexity index is 1390. The molecule has 0 saturated carbocycles. The number of hydrogen-bond donors (Lipinski definition) is 0. The van der Waals surface area contributed by atoms with Crippen LogP contribution in [0.25, 0.3) is 6.08 Å². The fourth-order valence-corrected chi connectivity index (χ4v) is 3.21. The molecule has 0 spiro atoms. The number of benzene rings is 3. The third kappa shape index (κ3) is 4.32. The zero-order valence-corrected chi connectivity index (χ0v) is 17.6. The first-order valence-electron chi connectivity index (χ1n) is 9.77. The Morgan fingerprint density at radius 3 is 2.20 bits per heavy atom. The molecule has 0 aliphatic carbocycles. The van der Waals surface area contributed by atoms with E-state index < -0.39 is 59.0 Å². The zero-order valence-electron chi connectivity index (χ0n) is 17.6. The van der Waals surface area contributed by atoms with E-state index in [0.29, 0.717) is 0 Å². The van der Waals surface area contributed by atoms with Crippen LogP contribution < -0.4 is 14.2 Å². The summed E-state index contributed by atoms with van der Waals surface area (Å²) in [5.41, 5.74) is 0.401. The molecule has 1 aliphatic rings. The van der Waals surface area contributed by atoms with E-state index >= 15 is 0 Å². The maximum absolute atomic E-state index is 13.9. The molecule has 0 bridgehead atoms.